The molecule has 2 aliphatic rings. The van der Waals surface area contributed by atoms with Gasteiger partial charge in [0.05, 0.1) is 6.61 Å². The Hall–Kier alpha value is -0.560. The molecule has 0 saturated heterocycles. The van der Waals surface area contributed by atoms with Crippen molar-refractivity contribution in [3.8, 4) is 0 Å². The van der Waals surface area contributed by atoms with E-state index in [0.29, 0.717) is 6.61 Å². The second-order valence-corrected chi connectivity index (χ2v) is 6.52. The average Bonchev–Trinajstić information content (AvgIpc) is 2.48. The molecule has 0 atom stereocenters. The summed E-state index contributed by atoms with van der Waals surface area (Å²) < 4.78 is 5.60. The van der Waals surface area contributed by atoms with Crippen LogP contribution >= 0.6 is 0 Å². The predicted octanol–water partition coefficient (Wildman–Crippen LogP) is 4.99. The van der Waals surface area contributed by atoms with Gasteiger partial charge in [-0.05, 0) is 75.0 Å². The highest BCUT2D eigenvalue weighted by Crippen LogP contribution is 2.41. The predicted molar refractivity (Wildman–Crippen MR) is 82.1 cm³/mol. The molecule has 0 unspecified atom stereocenters. The maximum absolute atomic E-state index is 5.60. The van der Waals surface area contributed by atoms with Crippen LogP contribution < -0.4 is 0 Å². The summed E-state index contributed by atoms with van der Waals surface area (Å²) in [5.74, 6) is 3.62. The molecule has 0 radical (unpaired) electrons. The Bertz CT molecular complexity index is 267. The molecule has 2 saturated carbocycles. The lowest BCUT2D eigenvalue weighted by Gasteiger charge is -2.37. The summed E-state index contributed by atoms with van der Waals surface area (Å²) in [4.78, 5) is 0. The van der Waals surface area contributed by atoms with Crippen molar-refractivity contribution in [1.82, 2.24) is 0 Å². The second kappa shape index (κ2) is 7.89. The quantitative estimate of drug-likeness (QED) is 0.484. The molecular weight excluding hydrogens is 232 g/mol. The van der Waals surface area contributed by atoms with Crippen LogP contribution in [-0.2, 0) is 4.74 Å². The standard InChI is InChI=1S/C18H30O/c1-3-13-19-14-16-7-11-18(12-8-16)17-9-5-15(4-2)6-10-17/h3-4,15-18H,1-2,5-14H2/t15-,16-,17-,18-. The molecule has 2 rings (SSSR count). The van der Waals surface area contributed by atoms with Crippen LogP contribution in [0.25, 0.3) is 0 Å². The van der Waals surface area contributed by atoms with Gasteiger partial charge in [-0.25, -0.2) is 0 Å². The zero-order valence-corrected chi connectivity index (χ0v) is 12.4. The van der Waals surface area contributed by atoms with Crippen molar-refractivity contribution in [2.24, 2.45) is 23.7 Å². The molecule has 2 fully saturated rings. The summed E-state index contributed by atoms with van der Waals surface area (Å²) in [5, 5.41) is 0. The van der Waals surface area contributed by atoms with E-state index in [4.69, 9.17) is 4.74 Å². The summed E-state index contributed by atoms with van der Waals surface area (Å²) in [6.07, 6.45) is 15.3. The van der Waals surface area contributed by atoms with Gasteiger partial charge in [0, 0.05) is 6.61 Å². The van der Waals surface area contributed by atoms with E-state index in [0.717, 1.165) is 30.3 Å². The van der Waals surface area contributed by atoms with Crippen molar-refractivity contribution in [2.45, 2.75) is 51.4 Å². The van der Waals surface area contributed by atoms with E-state index >= 15 is 0 Å². The van der Waals surface area contributed by atoms with Gasteiger partial charge < -0.3 is 4.74 Å². The Kier molecular flexibility index (Phi) is 6.16. The van der Waals surface area contributed by atoms with Crippen LogP contribution in [0.4, 0.5) is 0 Å². The normalized spacial score (nSPS) is 35.8. The minimum atomic E-state index is 0.714. The van der Waals surface area contributed by atoms with E-state index in [2.05, 4.69) is 19.2 Å². The maximum Gasteiger partial charge on any atom is 0.0644 e. The lowest BCUT2D eigenvalue weighted by atomic mass is 9.69. The van der Waals surface area contributed by atoms with Crippen molar-refractivity contribution in [3.63, 3.8) is 0 Å². The summed E-state index contributed by atoms with van der Waals surface area (Å²) >= 11 is 0. The Morgan fingerprint density at radius 2 is 1.42 bits per heavy atom. The molecule has 0 heterocycles. The minimum Gasteiger partial charge on any atom is -0.377 e. The molecule has 1 heteroatoms. The summed E-state index contributed by atoms with van der Waals surface area (Å²) in [5.41, 5.74) is 0. The maximum atomic E-state index is 5.60. The first-order valence-electron chi connectivity index (χ1n) is 8.14. The van der Waals surface area contributed by atoms with Crippen LogP contribution in [0.15, 0.2) is 25.3 Å². The van der Waals surface area contributed by atoms with Crippen LogP contribution in [0, 0.1) is 23.7 Å². The summed E-state index contributed by atoms with van der Waals surface area (Å²) in [7, 11) is 0. The van der Waals surface area contributed by atoms with Gasteiger partial charge in [-0.15, -0.1) is 13.2 Å². The number of ether oxygens (including phenoxy) is 1. The van der Waals surface area contributed by atoms with Crippen LogP contribution in [0.3, 0.4) is 0 Å². The summed E-state index contributed by atoms with van der Waals surface area (Å²) in [6.45, 7) is 9.30. The molecule has 2 aliphatic carbocycles. The van der Waals surface area contributed by atoms with E-state index in [9.17, 15) is 0 Å². The molecule has 0 bridgehead atoms. The van der Waals surface area contributed by atoms with Crippen molar-refractivity contribution < 1.29 is 4.74 Å². The topological polar surface area (TPSA) is 9.23 Å². The monoisotopic (exact) mass is 262 g/mol. The minimum absolute atomic E-state index is 0.714. The SMILES string of the molecule is C=CCOC[C@H]1CC[C@H]([C@H]2CC[C@H](C=C)CC2)CC1. The van der Waals surface area contributed by atoms with Gasteiger partial charge in [0.2, 0.25) is 0 Å². The van der Waals surface area contributed by atoms with E-state index < -0.39 is 0 Å². The first-order valence-corrected chi connectivity index (χ1v) is 8.14. The third-order valence-corrected chi connectivity index (χ3v) is 5.30. The molecule has 0 N–H and O–H groups in total. The van der Waals surface area contributed by atoms with Crippen molar-refractivity contribution in [1.29, 1.82) is 0 Å². The Morgan fingerprint density at radius 1 is 0.842 bits per heavy atom. The fraction of sp³-hybridized carbons (Fsp3) is 0.778. The largest absolute Gasteiger partial charge is 0.377 e. The number of hydrogen-bond donors (Lipinski definition) is 0. The smallest absolute Gasteiger partial charge is 0.0644 e. The molecule has 19 heavy (non-hydrogen) atoms. The molecule has 0 aromatic rings. The van der Waals surface area contributed by atoms with Crippen LogP contribution in [-0.4, -0.2) is 13.2 Å². The van der Waals surface area contributed by atoms with Gasteiger partial charge in [-0.2, -0.15) is 0 Å². The van der Waals surface area contributed by atoms with Crippen molar-refractivity contribution in [3.05, 3.63) is 25.3 Å². The molecule has 0 aromatic heterocycles. The summed E-state index contributed by atoms with van der Waals surface area (Å²) in [6, 6.07) is 0. The molecule has 0 aromatic carbocycles. The Balaban J connectivity index is 1.66. The van der Waals surface area contributed by atoms with Gasteiger partial charge in [0.15, 0.2) is 0 Å². The first-order chi connectivity index (χ1) is 9.33. The highest BCUT2D eigenvalue weighted by molar-refractivity contribution is 4.87. The third-order valence-electron chi connectivity index (χ3n) is 5.30. The highest BCUT2D eigenvalue weighted by atomic mass is 16.5. The van der Waals surface area contributed by atoms with E-state index in [1.807, 2.05) is 6.08 Å². The van der Waals surface area contributed by atoms with Gasteiger partial charge in [-0.3, -0.25) is 0 Å². The van der Waals surface area contributed by atoms with Gasteiger partial charge in [0.25, 0.3) is 0 Å². The fourth-order valence-corrected chi connectivity index (χ4v) is 4.00. The third kappa shape index (κ3) is 4.49. The molecule has 0 aliphatic heterocycles. The Morgan fingerprint density at radius 3 is 1.95 bits per heavy atom. The van der Waals surface area contributed by atoms with Gasteiger partial charge in [0.1, 0.15) is 0 Å². The zero-order valence-electron chi connectivity index (χ0n) is 12.4. The molecule has 1 nitrogen and oxygen atoms in total. The van der Waals surface area contributed by atoms with Crippen molar-refractivity contribution >= 4 is 0 Å². The van der Waals surface area contributed by atoms with Crippen LogP contribution in [0.2, 0.25) is 0 Å². The average molecular weight is 262 g/mol. The second-order valence-electron chi connectivity index (χ2n) is 6.52. The van der Waals surface area contributed by atoms with E-state index in [1.165, 1.54) is 51.4 Å². The lowest BCUT2D eigenvalue weighted by Crippen LogP contribution is -2.26. The van der Waals surface area contributed by atoms with E-state index in [1.54, 1.807) is 0 Å². The molecule has 108 valence electrons. The first kappa shape index (κ1) is 14.8. The molecule has 0 amide bonds. The number of hydrogen-bond acceptors (Lipinski definition) is 1. The Labute approximate surface area is 119 Å². The van der Waals surface area contributed by atoms with Crippen LogP contribution in [0.1, 0.15) is 51.4 Å². The lowest BCUT2D eigenvalue weighted by molar-refractivity contribution is 0.0800. The van der Waals surface area contributed by atoms with Crippen LogP contribution in [0.5, 0.6) is 0 Å². The number of rotatable bonds is 6. The van der Waals surface area contributed by atoms with Crippen molar-refractivity contribution in [2.75, 3.05) is 13.2 Å². The number of allylic oxidation sites excluding steroid dienone is 1. The van der Waals surface area contributed by atoms with Gasteiger partial charge in [-0.1, -0.05) is 12.2 Å². The highest BCUT2D eigenvalue weighted by Gasteiger charge is 2.30. The zero-order chi connectivity index (χ0) is 13.5. The van der Waals surface area contributed by atoms with E-state index in [-0.39, 0.29) is 0 Å². The molecular formula is C18H30O. The fourth-order valence-electron chi connectivity index (χ4n) is 4.00. The van der Waals surface area contributed by atoms with Gasteiger partial charge >= 0.3 is 0 Å². The molecule has 0 spiro atoms.